The molecule has 0 spiro atoms. The number of rotatable bonds is 4. The smallest absolute Gasteiger partial charge is 0.266 e. The number of hydrogen-bond acceptors (Lipinski definition) is 4. The zero-order valence-corrected chi connectivity index (χ0v) is 22.9. The minimum Gasteiger partial charge on any atom is -0.288 e. The van der Waals surface area contributed by atoms with Crippen molar-refractivity contribution in [3.63, 3.8) is 0 Å². The molecule has 2 aliphatic heterocycles. The van der Waals surface area contributed by atoms with Crippen molar-refractivity contribution in [2.45, 2.75) is 40.0 Å². The summed E-state index contributed by atoms with van der Waals surface area (Å²) in [6.45, 7) is 6.41. The van der Waals surface area contributed by atoms with E-state index in [-0.39, 0.29) is 17.7 Å². The van der Waals surface area contributed by atoms with Crippen LogP contribution in [0.15, 0.2) is 97.1 Å². The van der Waals surface area contributed by atoms with Gasteiger partial charge in [-0.15, -0.1) is 0 Å². The van der Waals surface area contributed by atoms with E-state index >= 15 is 0 Å². The van der Waals surface area contributed by atoms with Gasteiger partial charge >= 0.3 is 0 Å². The van der Waals surface area contributed by atoms with Crippen LogP contribution in [0, 0.1) is 0 Å². The van der Waals surface area contributed by atoms with E-state index in [9.17, 15) is 19.2 Å². The summed E-state index contributed by atoms with van der Waals surface area (Å²) in [6.07, 6.45) is 2.86. The van der Waals surface area contributed by atoms with Crippen LogP contribution in [-0.4, -0.2) is 23.6 Å². The fourth-order valence-corrected chi connectivity index (χ4v) is 4.48. The van der Waals surface area contributed by atoms with Gasteiger partial charge in [-0.2, -0.15) is 0 Å². The maximum atomic E-state index is 12.9. The molecule has 2 aliphatic rings. The molecular formula is C34H32N2O4. The Morgan fingerprint density at radius 3 is 1.62 bits per heavy atom. The largest absolute Gasteiger partial charge is 0.288 e. The molecule has 2 heterocycles. The van der Waals surface area contributed by atoms with Gasteiger partial charge in [-0.05, 0) is 65.9 Å². The second-order valence-electron chi connectivity index (χ2n) is 9.55. The second kappa shape index (κ2) is 12.8. The highest BCUT2D eigenvalue weighted by molar-refractivity contribution is 6.34. The van der Waals surface area contributed by atoms with Gasteiger partial charge in [0.1, 0.15) is 0 Å². The number of benzene rings is 4. The molecule has 0 atom stereocenters. The number of nitrogens with zero attached hydrogens (tertiary/aromatic N) is 1. The van der Waals surface area contributed by atoms with E-state index in [2.05, 4.69) is 50.4 Å². The van der Waals surface area contributed by atoms with E-state index < -0.39 is 5.91 Å². The molecule has 0 radical (unpaired) electrons. The molecule has 6 heteroatoms. The number of aryl methyl sites for hydroxylation is 1. The van der Waals surface area contributed by atoms with Crippen LogP contribution in [0.1, 0.15) is 85.3 Å². The molecule has 0 fully saturated rings. The van der Waals surface area contributed by atoms with Gasteiger partial charge in [0, 0.05) is 0 Å². The lowest BCUT2D eigenvalue weighted by Gasteiger charge is -2.13. The predicted octanol–water partition coefficient (Wildman–Crippen LogP) is 6.63. The van der Waals surface area contributed by atoms with Crippen molar-refractivity contribution in [3.8, 4) is 0 Å². The van der Waals surface area contributed by atoms with E-state index in [4.69, 9.17) is 0 Å². The molecule has 0 aromatic heterocycles. The number of carbonyl (C=O) groups excluding carboxylic acids is 4. The Bertz CT molecular complexity index is 1550. The number of amides is 4. The summed E-state index contributed by atoms with van der Waals surface area (Å²) in [5.74, 6) is -1.48. The molecular weight excluding hydrogens is 500 g/mol. The van der Waals surface area contributed by atoms with Gasteiger partial charge in [0.05, 0.1) is 27.9 Å². The number of nitrogens with one attached hydrogen (secondary N) is 1. The van der Waals surface area contributed by atoms with E-state index in [0.717, 1.165) is 17.5 Å². The molecule has 202 valence electrons. The van der Waals surface area contributed by atoms with Crippen molar-refractivity contribution in [3.05, 3.63) is 136 Å². The van der Waals surface area contributed by atoms with Crippen LogP contribution in [0.2, 0.25) is 0 Å². The summed E-state index contributed by atoms with van der Waals surface area (Å²) < 4.78 is 0. The fraction of sp³-hybridized carbons (Fsp3) is 0.176. The summed E-state index contributed by atoms with van der Waals surface area (Å²) >= 11 is 0. The molecule has 1 N–H and O–H groups in total. The SMILES string of the molecule is CCC.CCc1ccccc1.O=C1NC(=O)c2cc(Cc3ccc4c(c3)C(=O)N(c3ccccc3)C4=O)ccc21. The van der Waals surface area contributed by atoms with Gasteiger partial charge in [-0.1, -0.05) is 87.9 Å². The number of hydrogen-bond donors (Lipinski definition) is 1. The number of imide groups is 2. The molecule has 4 aromatic carbocycles. The molecule has 6 rings (SSSR count). The van der Waals surface area contributed by atoms with Crippen molar-refractivity contribution in [1.29, 1.82) is 0 Å². The third-order valence-electron chi connectivity index (χ3n) is 6.42. The maximum absolute atomic E-state index is 12.9. The van der Waals surface area contributed by atoms with Gasteiger partial charge in [-0.3, -0.25) is 24.5 Å². The van der Waals surface area contributed by atoms with E-state index in [1.54, 1.807) is 60.7 Å². The second-order valence-corrected chi connectivity index (χ2v) is 9.55. The van der Waals surface area contributed by atoms with Crippen LogP contribution in [0.5, 0.6) is 0 Å². The van der Waals surface area contributed by atoms with Gasteiger partial charge in [-0.25, -0.2) is 4.90 Å². The first-order valence-corrected chi connectivity index (χ1v) is 13.5. The third kappa shape index (κ3) is 6.07. The van der Waals surface area contributed by atoms with E-state index in [1.807, 2.05) is 12.1 Å². The van der Waals surface area contributed by atoms with Crippen molar-refractivity contribution in [2.24, 2.45) is 0 Å². The van der Waals surface area contributed by atoms with Gasteiger partial charge in [0.15, 0.2) is 0 Å². The minimum absolute atomic E-state index is 0.338. The number of para-hydroxylation sites is 1. The lowest BCUT2D eigenvalue weighted by atomic mass is 9.98. The lowest BCUT2D eigenvalue weighted by molar-refractivity contribution is 0.0874. The van der Waals surface area contributed by atoms with Crippen LogP contribution in [0.4, 0.5) is 5.69 Å². The van der Waals surface area contributed by atoms with Gasteiger partial charge in [0.25, 0.3) is 23.6 Å². The molecule has 0 bridgehead atoms. The molecule has 40 heavy (non-hydrogen) atoms. The van der Waals surface area contributed by atoms with Crippen LogP contribution in [-0.2, 0) is 12.8 Å². The Labute approximate surface area is 234 Å². The highest BCUT2D eigenvalue weighted by Gasteiger charge is 2.36. The number of anilines is 1. The summed E-state index contributed by atoms with van der Waals surface area (Å²) in [7, 11) is 0. The topological polar surface area (TPSA) is 83.6 Å². The normalized spacial score (nSPS) is 13.0. The quantitative estimate of drug-likeness (QED) is 0.299. The first-order chi connectivity index (χ1) is 19.4. The van der Waals surface area contributed by atoms with Crippen molar-refractivity contribution in [1.82, 2.24) is 5.32 Å². The first-order valence-electron chi connectivity index (χ1n) is 13.5. The molecule has 0 saturated heterocycles. The van der Waals surface area contributed by atoms with Gasteiger partial charge in [0.2, 0.25) is 0 Å². The Hall–Kier alpha value is -4.84. The number of fused-ring (bicyclic) bond motifs is 2. The zero-order chi connectivity index (χ0) is 28.6. The number of carbonyl (C=O) groups is 4. The minimum atomic E-state index is -0.403. The Morgan fingerprint density at radius 1 is 0.550 bits per heavy atom. The zero-order valence-electron chi connectivity index (χ0n) is 22.9. The van der Waals surface area contributed by atoms with E-state index in [1.165, 1.54) is 16.9 Å². The van der Waals surface area contributed by atoms with Crippen molar-refractivity contribution in [2.75, 3.05) is 4.90 Å². The molecule has 0 aliphatic carbocycles. The van der Waals surface area contributed by atoms with Crippen molar-refractivity contribution < 1.29 is 19.2 Å². The summed E-state index contributed by atoms with van der Waals surface area (Å²) in [6, 6.07) is 29.6. The predicted molar refractivity (Wildman–Crippen MR) is 157 cm³/mol. The van der Waals surface area contributed by atoms with Gasteiger partial charge < -0.3 is 0 Å². The standard InChI is InChI=1S/C23H14N2O4.C8H10.C3H8/c26-20-16-8-6-13(11-18(16)21(27)24-20)10-14-7-9-17-19(12-14)23(29)25(22(17)28)15-4-2-1-3-5-15;1-2-8-6-4-3-5-7-8;1-3-2/h1-9,11-12H,10H2,(H,24,26,27);3-7H,2H2,1H3;3H2,1-2H3. The van der Waals surface area contributed by atoms with Crippen LogP contribution in [0.3, 0.4) is 0 Å². The molecule has 4 aromatic rings. The average molecular weight is 533 g/mol. The first kappa shape index (κ1) is 28.2. The monoisotopic (exact) mass is 532 g/mol. The maximum Gasteiger partial charge on any atom is 0.266 e. The van der Waals surface area contributed by atoms with E-state index in [0.29, 0.717) is 34.4 Å². The molecule has 0 unspecified atom stereocenters. The third-order valence-corrected chi connectivity index (χ3v) is 6.42. The molecule has 6 nitrogen and oxygen atoms in total. The highest BCUT2D eigenvalue weighted by Crippen LogP contribution is 2.29. The Kier molecular flexibility index (Phi) is 9.02. The van der Waals surface area contributed by atoms with Crippen LogP contribution >= 0.6 is 0 Å². The van der Waals surface area contributed by atoms with Crippen molar-refractivity contribution >= 4 is 29.3 Å². The molecule has 0 saturated carbocycles. The highest BCUT2D eigenvalue weighted by atomic mass is 16.2. The summed E-state index contributed by atoms with van der Waals surface area (Å²) in [5, 5.41) is 2.27. The van der Waals surface area contributed by atoms with Crippen LogP contribution in [0.25, 0.3) is 0 Å². The summed E-state index contributed by atoms with van der Waals surface area (Å²) in [5.41, 5.74) is 5.09. The fourth-order valence-electron chi connectivity index (χ4n) is 4.48. The Balaban J connectivity index is 0.000000284. The summed E-state index contributed by atoms with van der Waals surface area (Å²) in [4.78, 5) is 50.3. The average Bonchev–Trinajstić information content (AvgIpc) is 3.40. The molecule has 4 amide bonds. The Morgan fingerprint density at radius 2 is 1.05 bits per heavy atom. The van der Waals surface area contributed by atoms with Crippen LogP contribution < -0.4 is 10.2 Å². The lowest BCUT2D eigenvalue weighted by Crippen LogP contribution is -2.29.